The maximum atomic E-state index is 11.9. The molecule has 0 fully saturated rings. The van der Waals surface area contributed by atoms with Crippen LogP contribution in [-0.2, 0) is 4.79 Å². The first-order chi connectivity index (χ1) is 7.72. The zero-order valence-electron chi connectivity index (χ0n) is 9.12. The summed E-state index contributed by atoms with van der Waals surface area (Å²) in [6.07, 6.45) is 2.95. The van der Waals surface area contributed by atoms with Gasteiger partial charge in [0.25, 0.3) is 0 Å². The van der Waals surface area contributed by atoms with Gasteiger partial charge < -0.3 is 5.32 Å². The fraction of sp³-hybridized carbons (Fsp3) is 0.231. The van der Waals surface area contributed by atoms with Crippen molar-refractivity contribution in [1.29, 1.82) is 0 Å². The van der Waals surface area contributed by atoms with Crippen LogP contribution in [-0.4, -0.2) is 11.7 Å². The van der Waals surface area contributed by atoms with E-state index in [1.807, 2.05) is 25.1 Å². The summed E-state index contributed by atoms with van der Waals surface area (Å²) in [6, 6.07) is 7.33. The molecule has 0 bridgehead atoms. The number of ketones is 1. The topological polar surface area (TPSA) is 46.2 Å². The highest BCUT2D eigenvalue weighted by Gasteiger charge is 2.22. The third kappa shape index (κ3) is 1.89. The molecule has 1 amide bonds. The van der Waals surface area contributed by atoms with Crippen LogP contribution < -0.4 is 5.32 Å². The highest BCUT2D eigenvalue weighted by atomic mass is 16.2. The van der Waals surface area contributed by atoms with E-state index in [4.69, 9.17) is 0 Å². The van der Waals surface area contributed by atoms with Gasteiger partial charge in [-0.25, -0.2) is 0 Å². The van der Waals surface area contributed by atoms with Crippen molar-refractivity contribution in [2.45, 2.75) is 19.8 Å². The number of fused-ring (bicyclic) bond motifs is 1. The van der Waals surface area contributed by atoms with Crippen molar-refractivity contribution in [1.82, 2.24) is 5.32 Å². The Morgan fingerprint density at radius 3 is 2.75 bits per heavy atom. The van der Waals surface area contributed by atoms with E-state index < -0.39 is 0 Å². The van der Waals surface area contributed by atoms with Crippen LogP contribution in [0.15, 0.2) is 30.0 Å². The first-order valence-electron chi connectivity index (χ1n) is 5.37. The van der Waals surface area contributed by atoms with Crippen LogP contribution in [0.5, 0.6) is 0 Å². The average Bonchev–Trinajstić information content (AvgIpc) is 2.57. The molecule has 1 aromatic rings. The Balaban J connectivity index is 2.16. The van der Waals surface area contributed by atoms with E-state index >= 15 is 0 Å². The molecule has 0 spiro atoms. The fourth-order valence-electron chi connectivity index (χ4n) is 1.73. The maximum Gasteiger partial charge on any atom is 0.224 e. The normalized spacial score (nSPS) is 13.3. The van der Waals surface area contributed by atoms with Gasteiger partial charge >= 0.3 is 0 Å². The molecule has 1 aromatic carbocycles. The third-order valence-electron chi connectivity index (χ3n) is 2.50. The predicted molar refractivity (Wildman–Crippen MR) is 61.8 cm³/mol. The van der Waals surface area contributed by atoms with Gasteiger partial charge in [0, 0.05) is 12.0 Å². The summed E-state index contributed by atoms with van der Waals surface area (Å²) < 4.78 is 0. The molecule has 2 rings (SSSR count). The number of Topliss-reactive ketones (excluding diaryl/α,β-unsaturated/α-hetero) is 1. The van der Waals surface area contributed by atoms with Crippen molar-refractivity contribution in [3.8, 4) is 0 Å². The first kappa shape index (κ1) is 10.6. The predicted octanol–water partition coefficient (Wildman–Crippen LogP) is 2.14. The summed E-state index contributed by atoms with van der Waals surface area (Å²) in [4.78, 5) is 23.2. The molecule has 0 saturated carbocycles. The number of nitrogens with one attached hydrogen (secondary N) is 1. The van der Waals surface area contributed by atoms with Crippen LogP contribution in [0.3, 0.4) is 0 Å². The minimum Gasteiger partial charge on any atom is -0.323 e. The molecule has 0 atom stereocenters. The minimum atomic E-state index is -0.102. The second-order valence-electron chi connectivity index (χ2n) is 3.77. The molecule has 0 saturated heterocycles. The zero-order chi connectivity index (χ0) is 11.5. The van der Waals surface area contributed by atoms with Crippen LogP contribution in [0.1, 0.15) is 35.7 Å². The molecule has 0 unspecified atom stereocenters. The van der Waals surface area contributed by atoms with Gasteiger partial charge in [-0.15, -0.1) is 0 Å². The number of rotatable bonds is 3. The summed E-state index contributed by atoms with van der Waals surface area (Å²) in [5.41, 5.74) is 1.92. The van der Waals surface area contributed by atoms with Gasteiger partial charge in [0.05, 0.1) is 5.70 Å². The number of amides is 1. The van der Waals surface area contributed by atoms with Gasteiger partial charge in [0.15, 0.2) is 0 Å². The van der Waals surface area contributed by atoms with Crippen molar-refractivity contribution >= 4 is 17.8 Å². The Morgan fingerprint density at radius 1 is 1.31 bits per heavy atom. The molecule has 3 heteroatoms. The molecule has 3 nitrogen and oxygen atoms in total. The van der Waals surface area contributed by atoms with Gasteiger partial charge in [-0.05, 0) is 18.1 Å². The lowest BCUT2D eigenvalue weighted by Gasteiger charge is -2.03. The lowest BCUT2D eigenvalue weighted by molar-refractivity contribution is -0.120. The number of carbonyl (C=O) groups is 2. The van der Waals surface area contributed by atoms with Crippen LogP contribution >= 0.6 is 0 Å². The molecule has 0 heterocycles. The van der Waals surface area contributed by atoms with Gasteiger partial charge in [-0.3, -0.25) is 9.59 Å². The van der Waals surface area contributed by atoms with Crippen LogP contribution in [0.4, 0.5) is 0 Å². The number of hydrogen-bond acceptors (Lipinski definition) is 2. The Kier molecular flexibility index (Phi) is 2.86. The molecular formula is C13H13NO2. The van der Waals surface area contributed by atoms with Crippen molar-refractivity contribution in [2.75, 3.05) is 0 Å². The maximum absolute atomic E-state index is 11.9. The monoisotopic (exact) mass is 215 g/mol. The van der Waals surface area contributed by atoms with Gasteiger partial charge in [0.1, 0.15) is 0 Å². The van der Waals surface area contributed by atoms with E-state index in [0.29, 0.717) is 17.7 Å². The van der Waals surface area contributed by atoms with Crippen molar-refractivity contribution in [2.24, 2.45) is 0 Å². The van der Waals surface area contributed by atoms with E-state index in [0.717, 1.165) is 12.0 Å². The van der Waals surface area contributed by atoms with E-state index in [-0.39, 0.29) is 11.7 Å². The number of benzene rings is 1. The molecule has 0 aliphatic heterocycles. The van der Waals surface area contributed by atoms with Crippen LogP contribution in [0.2, 0.25) is 0 Å². The molecule has 1 N–H and O–H groups in total. The quantitative estimate of drug-likeness (QED) is 0.839. The molecule has 0 aromatic heterocycles. The fourth-order valence-corrected chi connectivity index (χ4v) is 1.73. The first-order valence-corrected chi connectivity index (χ1v) is 5.37. The van der Waals surface area contributed by atoms with Crippen molar-refractivity contribution < 1.29 is 9.59 Å². The Bertz CT molecular complexity index is 475. The molecular weight excluding hydrogens is 202 g/mol. The Hall–Kier alpha value is -1.90. The number of hydrogen-bond donors (Lipinski definition) is 1. The number of allylic oxidation sites excluding steroid dienone is 1. The van der Waals surface area contributed by atoms with E-state index in [1.54, 1.807) is 12.1 Å². The largest absolute Gasteiger partial charge is 0.323 e. The summed E-state index contributed by atoms with van der Waals surface area (Å²) in [6.45, 7) is 1.93. The Labute approximate surface area is 94.2 Å². The minimum absolute atomic E-state index is 0.0972. The summed E-state index contributed by atoms with van der Waals surface area (Å²) in [5, 5.41) is 2.65. The molecule has 82 valence electrons. The van der Waals surface area contributed by atoms with Crippen LogP contribution in [0.25, 0.3) is 6.08 Å². The van der Waals surface area contributed by atoms with Gasteiger partial charge in [-0.2, -0.15) is 0 Å². The summed E-state index contributed by atoms with van der Waals surface area (Å²) in [7, 11) is 0. The van der Waals surface area contributed by atoms with Crippen molar-refractivity contribution in [3.05, 3.63) is 41.1 Å². The molecule has 0 radical (unpaired) electrons. The summed E-state index contributed by atoms with van der Waals surface area (Å²) in [5.74, 6) is -0.199. The average molecular weight is 215 g/mol. The smallest absolute Gasteiger partial charge is 0.224 e. The van der Waals surface area contributed by atoms with Gasteiger partial charge in [-0.1, -0.05) is 31.2 Å². The molecule has 1 aliphatic carbocycles. The molecule has 16 heavy (non-hydrogen) atoms. The Morgan fingerprint density at radius 2 is 2.06 bits per heavy atom. The highest BCUT2D eigenvalue weighted by Crippen LogP contribution is 2.22. The second-order valence-corrected chi connectivity index (χ2v) is 3.77. The van der Waals surface area contributed by atoms with E-state index in [9.17, 15) is 9.59 Å². The highest BCUT2D eigenvalue weighted by molar-refractivity contribution is 6.18. The molecule has 1 aliphatic rings. The van der Waals surface area contributed by atoms with E-state index in [1.165, 1.54) is 0 Å². The SMILES string of the molecule is CCCC(=O)NC1=Cc2ccccc2C1=O. The lowest BCUT2D eigenvalue weighted by Crippen LogP contribution is -2.25. The zero-order valence-corrected chi connectivity index (χ0v) is 9.12. The van der Waals surface area contributed by atoms with E-state index in [2.05, 4.69) is 5.32 Å². The second kappa shape index (κ2) is 4.31. The summed E-state index contributed by atoms with van der Waals surface area (Å²) >= 11 is 0. The standard InChI is InChI=1S/C13H13NO2/c1-2-5-12(15)14-11-8-9-6-3-4-7-10(9)13(11)16/h3-4,6-8H,2,5H2,1H3,(H,14,15,16). The third-order valence-corrected chi connectivity index (χ3v) is 2.50. The lowest BCUT2D eigenvalue weighted by atomic mass is 10.1. The van der Waals surface area contributed by atoms with Crippen molar-refractivity contribution in [3.63, 3.8) is 0 Å². The van der Waals surface area contributed by atoms with Gasteiger partial charge in [0.2, 0.25) is 11.7 Å². The van der Waals surface area contributed by atoms with Crippen LogP contribution in [0, 0.1) is 0 Å². The number of carbonyl (C=O) groups excluding carboxylic acids is 2.